The first-order valence-electron chi connectivity index (χ1n) is 8.90. The summed E-state index contributed by atoms with van der Waals surface area (Å²) in [5.41, 5.74) is 1.16. The minimum atomic E-state index is -0.849. The van der Waals surface area contributed by atoms with Crippen molar-refractivity contribution >= 4 is 35.3 Å². The first-order chi connectivity index (χ1) is 12.8. The largest absolute Gasteiger partial charge is 0.462 e. The molecule has 0 spiro atoms. The van der Waals surface area contributed by atoms with Crippen molar-refractivity contribution in [1.82, 2.24) is 4.90 Å². The monoisotopic (exact) mass is 394 g/mol. The van der Waals surface area contributed by atoms with Crippen LogP contribution < -0.4 is 4.90 Å². The molecule has 27 heavy (non-hydrogen) atoms. The Morgan fingerprint density at radius 3 is 2.70 bits per heavy atom. The molecule has 2 rings (SSSR count). The number of rotatable bonds is 7. The second kappa shape index (κ2) is 9.75. The van der Waals surface area contributed by atoms with Crippen LogP contribution in [0.5, 0.6) is 0 Å². The number of esters is 2. The summed E-state index contributed by atoms with van der Waals surface area (Å²) >= 11 is 1.40. The number of amides is 1. The highest BCUT2D eigenvalue weighted by atomic mass is 32.2. The predicted molar refractivity (Wildman–Crippen MR) is 104 cm³/mol. The van der Waals surface area contributed by atoms with Gasteiger partial charge in [-0.1, -0.05) is 6.92 Å². The minimum absolute atomic E-state index is 0.250. The number of benzene rings is 1. The average Bonchev–Trinajstić information content (AvgIpc) is 2.74. The van der Waals surface area contributed by atoms with Crippen molar-refractivity contribution in [3.8, 4) is 0 Å². The molecule has 1 atom stereocenters. The van der Waals surface area contributed by atoms with Gasteiger partial charge in [-0.25, -0.2) is 4.79 Å². The Morgan fingerprint density at radius 1 is 1.33 bits per heavy atom. The Hall–Kier alpha value is -2.06. The molecule has 1 aromatic carbocycles. The maximum atomic E-state index is 12.9. The van der Waals surface area contributed by atoms with Gasteiger partial charge in [-0.2, -0.15) is 0 Å². The van der Waals surface area contributed by atoms with Gasteiger partial charge in [-0.3, -0.25) is 9.59 Å². The Labute approximate surface area is 164 Å². The number of nitrogens with zero attached hydrogens (tertiary/aromatic N) is 2. The lowest BCUT2D eigenvalue weighted by Gasteiger charge is -2.26. The highest BCUT2D eigenvalue weighted by Gasteiger charge is 2.33. The molecule has 1 amide bonds. The van der Waals surface area contributed by atoms with E-state index in [1.54, 1.807) is 23.1 Å². The molecular formula is C19H26N2O5S. The lowest BCUT2D eigenvalue weighted by Crippen LogP contribution is -2.44. The molecule has 0 aliphatic carbocycles. The van der Waals surface area contributed by atoms with Crippen LogP contribution in [0.2, 0.25) is 0 Å². The maximum Gasteiger partial charge on any atom is 0.338 e. The summed E-state index contributed by atoms with van der Waals surface area (Å²) in [7, 11) is 3.85. The topological polar surface area (TPSA) is 76.1 Å². The summed E-state index contributed by atoms with van der Waals surface area (Å²) in [6, 6.07) is 5.16. The molecule has 0 bridgehead atoms. The van der Waals surface area contributed by atoms with Crippen LogP contribution >= 0.6 is 11.8 Å². The van der Waals surface area contributed by atoms with Crippen LogP contribution in [-0.4, -0.2) is 68.4 Å². The van der Waals surface area contributed by atoms with Gasteiger partial charge in [-0.05, 0) is 38.7 Å². The van der Waals surface area contributed by atoms with Crippen LogP contribution in [0.3, 0.4) is 0 Å². The van der Waals surface area contributed by atoms with E-state index in [2.05, 4.69) is 0 Å². The molecule has 1 aliphatic heterocycles. The third-order valence-corrected chi connectivity index (χ3v) is 5.04. The summed E-state index contributed by atoms with van der Waals surface area (Å²) in [6.07, 6.45) is -0.0972. The molecule has 0 unspecified atom stereocenters. The van der Waals surface area contributed by atoms with Gasteiger partial charge in [0.1, 0.15) is 0 Å². The van der Waals surface area contributed by atoms with E-state index in [0.29, 0.717) is 36.7 Å². The number of thioether (sulfide) groups is 1. The van der Waals surface area contributed by atoms with Crippen molar-refractivity contribution in [2.45, 2.75) is 31.3 Å². The molecule has 0 saturated heterocycles. The van der Waals surface area contributed by atoms with Gasteiger partial charge in [0.05, 0.1) is 17.9 Å². The smallest absolute Gasteiger partial charge is 0.338 e. The van der Waals surface area contributed by atoms with E-state index >= 15 is 0 Å². The van der Waals surface area contributed by atoms with E-state index < -0.39 is 12.1 Å². The highest BCUT2D eigenvalue weighted by Crippen LogP contribution is 2.36. The van der Waals surface area contributed by atoms with Gasteiger partial charge in [0.25, 0.3) is 5.91 Å². The molecule has 1 heterocycles. The van der Waals surface area contributed by atoms with E-state index in [0.717, 1.165) is 11.3 Å². The van der Waals surface area contributed by atoms with Crippen molar-refractivity contribution in [2.75, 3.05) is 44.4 Å². The third kappa shape index (κ3) is 5.71. The van der Waals surface area contributed by atoms with E-state index in [4.69, 9.17) is 9.47 Å². The molecule has 0 saturated carbocycles. The molecule has 0 radical (unpaired) electrons. The van der Waals surface area contributed by atoms with E-state index in [1.807, 2.05) is 25.9 Å². The number of carbonyl (C=O) groups excluding carboxylic acids is 3. The van der Waals surface area contributed by atoms with Gasteiger partial charge in [0, 0.05) is 30.7 Å². The zero-order chi connectivity index (χ0) is 20.0. The summed E-state index contributed by atoms with van der Waals surface area (Å²) in [6.45, 7) is 4.70. The van der Waals surface area contributed by atoms with Crippen LogP contribution in [-0.2, 0) is 19.1 Å². The van der Waals surface area contributed by atoms with Crippen LogP contribution in [0.4, 0.5) is 5.69 Å². The predicted octanol–water partition coefficient (Wildman–Crippen LogP) is 2.19. The SMILES string of the molecule is CCCOC(=O)c1ccc2c(c1)SC[C@@H](OC(C)=O)C(=O)N2CCN(C)C. The minimum Gasteiger partial charge on any atom is -0.462 e. The zero-order valence-corrected chi connectivity index (χ0v) is 17.0. The first kappa shape index (κ1) is 21.2. The summed E-state index contributed by atoms with van der Waals surface area (Å²) in [5, 5.41) is 0. The number of ether oxygens (including phenoxy) is 2. The van der Waals surface area contributed by atoms with Crippen molar-refractivity contribution in [3.63, 3.8) is 0 Å². The number of fused-ring (bicyclic) bond motifs is 1. The quantitative estimate of drug-likeness (QED) is 0.656. The van der Waals surface area contributed by atoms with Gasteiger partial charge in [0.15, 0.2) is 6.10 Å². The molecule has 0 N–H and O–H groups in total. The van der Waals surface area contributed by atoms with Gasteiger partial charge in [-0.15, -0.1) is 11.8 Å². The van der Waals surface area contributed by atoms with E-state index in [9.17, 15) is 14.4 Å². The number of hydrogen-bond acceptors (Lipinski definition) is 7. The van der Waals surface area contributed by atoms with Crippen LogP contribution in [0.25, 0.3) is 0 Å². The van der Waals surface area contributed by atoms with Crippen molar-refractivity contribution in [3.05, 3.63) is 23.8 Å². The Balaban J connectivity index is 2.33. The third-order valence-electron chi connectivity index (χ3n) is 3.93. The van der Waals surface area contributed by atoms with Crippen LogP contribution in [0.1, 0.15) is 30.6 Å². The summed E-state index contributed by atoms with van der Waals surface area (Å²) in [5.74, 6) is -0.819. The molecular weight excluding hydrogens is 368 g/mol. The Bertz CT molecular complexity index is 707. The standard InChI is InChI=1S/C19H26N2O5S/c1-5-10-25-19(24)14-6-7-15-17(11-14)27-12-16(26-13(2)22)18(23)21(15)9-8-20(3)4/h6-7,11,16H,5,8-10,12H2,1-4H3/t16-/m1/s1. The molecule has 1 aliphatic rings. The molecule has 1 aromatic rings. The van der Waals surface area contributed by atoms with Crippen molar-refractivity contribution in [1.29, 1.82) is 0 Å². The number of anilines is 1. The van der Waals surface area contributed by atoms with E-state index in [1.165, 1.54) is 18.7 Å². The zero-order valence-electron chi connectivity index (χ0n) is 16.2. The summed E-state index contributed by atoms with van der Waals surface area (Å²) < 4.78 is 10.4. The maximum absolute atomic E-state index is 12.9. The Kier molecular flexibility index (Phi) is 7.67. The normalized spacial score (nSPS) is 16.7. The van der Waals surface area contributed by atoms with E-state index in [-0.39, 0.29) is 11.9 Å². The fourth-order valence-electron chi connectivity index (χ4n) is 2.60. The number of hydrogen-bond donors (Lipinski definition) is 0. The second-order valence-electron chi connectivity index (χ2n) is 6.52. The number of carbonyl (C=O) groups is 3. The van der Waals surface area contributed by atoms with Gasteiger partial charge in [0.2, 0.25) is 0 Å². The molecule has 148 valence electrons. The van der Waals surface area contributed by atoms with Crippen LogP contribution in [0, 0.1) is 0 Å². The second-order valence-corrected chi connectivity index (χ2v) is 7.58. The fraction of sp³-hybridized carbons (Fsp3) is 0.526. The average molecular weight is 394 g/mol. The van der Waals surface area contributed by atoms with Crippen molar-refractivity contribution in [2.24, 2.45) is 0 Å². The number of likely N-dealkylation sites (N-methyl/N-ethyl adjacent to an activating group) is 1. The first-order valence-corrected chi connectivity index (χ1v) is 9.89. The van der Waals surface area contributed by atoms with Gasteiger partial charge >= 0.3 is 11.9 Å². The molecule has 7 nitrogen and oxygen atoms in total. The lowest BCUT2D eigenvalue weighted by molar-refractivity contribution is -0.151. The summed E-state index contributed by atoms with van der Waals surface area (Å²) in [4.78, 5) is 40.9. The molecule has 0 fully saturated rings. The van der Waals surface area contributed by atoms with Gasteiger partial charge < -0.3 is 19.3 Å². The lowest BCUT2D eigenvalue weighted by atomic mass is 10.1. The highest BCUT2D eigenvalue weighted by molar-refractivity contribution is 7.99. The molecule has 8 heteroatoms. The molecule has 0 aromatic heterocycles. The van der Waals surface area contributed by atoms with Crippen LogP contribution in [0.15, 0.2) is 23.1 Å². The van der Waals surface area contributed by atoms with Crippen molar-refractivity contribution < 1.29 is 23.9 Å². The Morgan fingerprint density at radius 2 is 2.07 bits per heavy atom. The fourth-order valence-corrected chi connectivity index (χ4v) is 3.68.